The third-order valence-corrected chi connectivity index (χ3v) is 3.73. The molecular weight excluding hydrogens is 210 g/mol. The monoisotopic (exact) mass is 233 g/mol. The number of fused-ring (bicyclic) bond motifs is 1. The van der Waals surface area contributed by atoms with Gasteiger partial charge in [0, 0.05) is 5.56 Å². The molecule has 1 aromatic carbocycles. The Kier molecular flexibility index (Phi) is 3.79. The summed E-state index contributed by atoms with van der Waals surface area (Å²) >= 11 is 0. The molecule has 0 radical (unpaired) electrons. The van der Waals surface area contributed by atoms with Gasteiger partial charge in [-0.3, -0.25) is 10.3 Å². The Morgan fingerprint density at radius 3 is 2.59 bits per heavy atom. The zero-order valence-electron chi connectivity index (χ0n) is 10.9. The summed E-state index contributed by atoms with van der Waals surface area (Å²) in [6.45, 7) is 10.1. The molecule has 92 valence electrons. The summed E-state index contributed by atoms with van der Waals surface area (Å²) < 4.78 is 2.30. The Bertz CT molecular complexity index is 419. The van der Waals surface area contributed by atoms with Crippen molar-refractivity contribution in [3.8, 4) is 0 Å². The van der Waals surface area contributed by atoms with Gasteiger partial charge < -0.3 is 4.90 Å². The van der Waals surface area contributed by atoms with Crippen LogP contribution in [0.3, 0.4) is 0 Å². The minimum atomic E-state index is 0.951. The first-order valence-corrected chi connectivity index (χ1v) is 6.55. The number of nitrogens with zero attached hydrogens (tertiary/aromatic N) is 1. The first kappa shape index (κ1) is 12.1. The molecule has 0 amide bonds. The van der Waals surface area contributed by atoms with Crippen LogP contribution in [0, 0.1) is 0 Å². The average Bonchev–Trinajstić information content (AvgIpc) is 2.68. The number of amidine groups is 1. The molecule has 3 nitrogen and oxygen atoms in total. The molecular formula is C14H23N3+2. The fourth-order valence-corrected chi connectivity index (χ4v) is 2.47. The zero-order chi connectivity index (χ0) is 12.3. The van der Waals surface area contributed by atoms with Crippen molar-refractivity contribution < 1.29 is 9.48 Å². The molecule has 1 aliphatic heterocycles. The number of benzene rings is 1. The van der Waals surface area contributed by atoms with Crippen molar-refractivity contribution in [2.75, 3.05) is 26.2 Å². The fraction of sp³-hybridized carbons (Fsp3) is 0.500. The van der Waals surface area contributed by atoms with E-state index in [1.54, 1.807) is 4.90 Å². The second kappa shape index (κ2) is 5.32. The van der Waals surface area contributed by atoms with E-state index in [0.717, 1.165) is 18.9 Å². The minimum absolute atomic E-state index is 0.951. The van der Waals surface area contributed by atoms with E-state index in [1.807, 2.05) is 0 Å². The quantitative estimate of drug-likeness (QED) is 0.681. The van der Waals surface area contributed by atoms with Crippen LogP contribution in [0.1, 0.15) is 25.0 Å². The molecule has 0 atom stereocenters. The maximum Gasteiger partial charge on any atom is 0.275 e. The molecule has 0 unspecified atom stereocenters. The van der Waals surface area contributed by atoms with E-state index in [0.29, 0.717) is 0 Å². The molecule has 1 aliphatic rings. The largest absolute Gasteiger partial charge is 0.332 e. The maximum absolute atomic E-state index is 6.19. The van der Waals surface area contributed by atoms with Gasteiger partial charge in [-0.25, -0.2) is 0 Å². The van der Waals surface area contributed by atoms with Crippen LogP contribution in [-0.2, 0) is 6.54 Å². The maximum atomic E-state index is 6.19. The van der Waals surface area contributed by atoms with Gasteiger partial charge in [0.1, 0.15) is 19.6 Å². The number of nitrogens with one attached hydrogen (secondary N) is 1. The van der Waals surface area contributed by atoms with Crippen molar-refractivity contribution in [2.45, 2.75) is 20.4 Å². The van der Waals surface area contributed by atoms with Crippen LogP contribution in [0.15, 0.2) is 24.3 Å². The van der Waals surface area contributed by atoms with Crippen LogP contribution in [-0.4, -0.2) is 36.6 Å². The van der Waals surface area contributed by atoms with Gasteiger partial charge in [-0.15, -0.1) is 0 Å². The fourth-order valence-electron chi connectivity index (χ4n) is 2.47. The van der Waals surface area contributed by atoms with Gasteiger partial charge in [-0.05, 0) is 19.9 Å². The highest BCUT2D eigenvalue weighted by Crippen LogP contribution is 2.15. The van der Waals surface area contributed by atoms with Crippen molar-refractivity contribution in [3.63, 3.8) is 0 Å². The van der Waals surface area contributed by atoms with Crippen LogP contribution >= 0.6 is 0 Å². The van der Waals surface area contributed by atoms with Gasteiger partial charge in [0.05, 0.1) is 18.7 Å². The lowest BCUT2D eigenvalue weighted by Gasteiger charge is -2.14. The smallest absolute Gasteiger partial charge is 0.275 e. The lowest BCUT2D eigenvalue weighted by Crippen LogP contribution is -3.12. The summed E-state index contributed by atoms with van der Waals surface area (Å²) in [7, 11) is 0. The van der Waals surface area contributed by atoms with Crippen LogP contribution in [0.2, 0.25) is 0 Å². The first-order chi connectivity index (χ1) is 8.26. The van der Waals surface area contributed by atoms with Crippen molar-refractivity contribution >= 4 is 5.84 Å². The minimum Gasteiger partial charge on any atom is -0.332 e. The van der Waals surface area contributed by atoms with Crippen molar-refractivity contribution in [2.24, 2.45) is 5.73 Å². The van der Waals surface area contributed by atoms with E-state index < -0.39 is 0 Å². The molecule has 2 rings (SSSR count). The molecule has 3 N–H and O–H groups in total. The van der Waals surface area contributed by atoms with Crippen molar-refractivity contribution in [1.29, 1.82) is 0 Å². The van der Waals surface area contributed by atoms with Crippen LogP contribution in [0.4, 0.5) is 0 Å². The lowest BCUT2D eigenvalue weighted by atomic mass is 10.1. The van der Waals surface area contributed by atoms with Crippen LogP contribution < -0.4 is 10.6 Å². The number of quaternary nitrogens is 1. The van der Waals surface area contributed by atoms with E-state index in [4.69, 9.17) is 5.73 Å². The summed E-state index contributed by atoms with van der Waals surface area (Å²) in [5.74, 6) is 0.951. The summed E-state index contributed by atoms with van der Waals surface area (Å²) in [6.07, 6.45) is 0. The lowest BCUT2D eigenvalue weighted by molar-refractivity contribution is -0.904. The summed E-state index contributed by atoms with van der Waals surface area (Å²) in [6, 6.07) is 8.44. The van der Waals surface area contributed by atoms with E-state index >= 15 is 0 Å². The Morgan fingerprint density at radius 1 is 1.24 bits per heavy atom. The zero-order valence-corrected chi connectivity index (χ0v) is 10.9. The summed E-state index contributed by atoms with van der Waals surface area (Å²) in [4.78, 5) is 1.63. The highest BCUT2D eigenvalue weighted by molar-refractivity contribution is 5.96. The Labute approximate surface area is 104 Å². The Hall–Kier alpha value is -1.35. The number of hydrogen-bond donors (Lipinski definition) is 2. The number of hydrogen-bond acceptors (Lipinski definition) is 1. The normalized spacial score (nSPS) is 14.5. The first-order valence-electron chi connectivity index (χ1n) is 6.55. The molecule has 3 heteroatoms. The highest BCUT2D eigenvalue weighted by Gasteiger charge is 2.24. The second-order valence-electron chi connectivity index (χ2n) is 4.67. The van der Waals surface area contributed by atoms with Crippen LogP contribution in [0.5, 0.6) is 0 Å². The van der Waals surface area contributed by atoms with Crippen molar-refractivity contribution in [1.82, 2.24) is 0 Å². The van der Waals surface area contributed by atoms with Gasteiger partial charge >= 0.3 is 0 Å². The van der Waals surface area contributed by atoms with Gasteiger partial charge in [-0.2, -0.15) is 0 Å². The molecule has 0 aliphatic carbocycles. The predicted molar refractivity (Wildman–Crippen MR) is 70.5 cm³/mol. The predicted octanol–water partition coefficient (Wildman–Crippen LogP) is -0.157. The molecule has 1 aromatic rings. The van der Waals surface area contributed by atoms with Gasteiger partial charge in [-0.1, -0.05) is 18.2 Å². The van der Waals surface area contributed by atoms with E-state index in [-0.39, 0.29) is 0 Å². The standard InChI is InChI=1S/C14H21N3/c1-3-16(4-2)9-10-17-11-12-7-5-6-8-13(12)14(17)15/h5-8,15H,3-4,9-11H2,1-2H3/p+2. The second-order valence-corrected chi connectivity index (χ2v) is 4.67. The van der Waals surface area contributed by atoms with E-state index in [9.17, 15) is 0 Å². The number of rotatable bonds is 5. The Morgan fingerprint density at radius 2 is 1.94 bits per heavy atom. The average molecular weight is 233 g/mol. The molecule has 1 heterocycles. The third kappa shape index (κ3) is 2.50. The van der Waals surface area contributed by atoms with Gasteiger partial charge in [0.15, 0.2) is 0 Å². The number of likely N-dealkylation sites (N-methyl/N-ethyl adjacent to an activating group) is 1. The van der Waals surface area contributed by atoms with Crippen LogP contribution in [0.25, 0.3) is 0 Å². The Balaban J connectivity index is 2.03. The molecule has 0 spiro atoms. The van der Waals surface area contributed by atoms with Crippen molar-refractivity contribution in [3.05, 3.63) is 35.4 Å². The summed E-state index contributed by atoms with van der Waals surface area (Å²) in [5.41, 5.74) is 8.78. The van der Waals surface area contributed by atoms with Gasteiger partial charge in [0.2, 0.25) is 0 Å². The molecule has 0 saturated heterocycles. The van der Waals surface area contributed by atoms with Gasteiger partial charge in [0.25, 0.3) is 5.84 Å². The highest BCUT2D eigenvalue weighted by atomic mass is 15.2. The molecule has 0 fully saturated rings. The van der Waals surface area contributed by atoms with E-state index in [2.05, 4.69) is 42.7 Å². The molecule has 0 saturated carbocycles. The third-order valence-electron chi connectivity index (χ3n) is 3.73. The SMILES string of the molecule is CC[NH+](CC)CC[N+]1=C(N)c2ccccc2C1. The molecule has 0 aromatic heterocycles. The number of nitrogens with two attached hydrogens (primary N) is 1. The topological polar surface area (TPSA) is 33.5 Å². The molecule has 17 heavy (non-hydrogen) atoms. The molecule has 0 bridgehead atoms. The summed E-state index contributed by atoms with van der Waals surface area (Å²) in [5, 5.41) is 0. The van der Waals surface area contributed by atoms with E-state index in [1.165, 1.54) is 30.8 Å².